The van der Waals surface area contributed by atoms with Crippen molar-refractivity contribution in [2.24, 2.45) is 5.92 Å². The molecule has 0 radical (unpaired) electrons. The zero-order chi connectivity index (χ0) is 19.0. The van der Waals surface area contributed by atoms with Crippen LogP contribution in [0.3, 0.4) is 0 Å². The predicted octanol–water partition coefficient (Wildman–Crippen LogP) is 4.81. The number of benzene rings is 1. The summed E-state index contributed by atoms with van der Waals surface area (Å²) >= 11 is 0. The van der Waals surface area contributed by atoms with Crippen molar-refractivity contribution in [1.29, 1.82) is 0 Å². The number of ether oxygens (including phenoxy) is 2. The summed E-state index contributed by atoms with van der Waals surface area (Å²) in [5.74, 6) is 0.778. The Labute approximate surface area is 150 Å². The van der Waals surface area contributed by atoms with Gasteiger partial charge in [0, 0.05) is 12.1 Å². The Balaban J connectivity index is 2.80. The number of rotatable bonds is 7. The summed E-state index contributed by atoms with van der Waals surface area (Å²) in [4.78, 5) is 24.1. The van der Waals surface area contributed by atoms with Crippen molar-refractivity contribution in [1.82, 2.24) is 0 Å². The van der Waals surface area contributed by atoms with Gasteiger partial charge in [-0.2, -0.15) is 0 Å². The van der Waals surface area contributed by atoms with Gasteiger partial charge in [-0.1, -0.05) is 26.7 Å². The summed E-state index contributed by atoms with van der Waals surface area (Å²) < 4.78 is 10.5. The smallest absolute Gasteiger partial charge is 0.412 e. The molecule has 0 aromatic heterocycles. The molecule has 1 atom stereocenters. The minimum absolute atomic E-state index is 0.0469. The standard InChI is InChI=1S/C19H30N2O4/c1-7-8-13(2)11-17(22)20-14-9-10-16(24-6)15(12-14)21-18(23)25-19(3,4)5/h9-10,12-13H,7-8,11H2,1-6H3,(H,20,22)(H,21,23). The molecular formula is C19H30N2O4. The van der Waals surface area contributed by atoms with E-state index in [2.05, 4.69) is 24.5 Å². The summed E-state index contributed by atoms with van der Waals surface area (Å²) in [5.41, 5.74) is 0.440. The predicted molar refractivity (Wildman–Crippen MR) is 100 cm³/mol. The van der Waals surface area contributed by atoms with Gasteiger partial charge in [-0.25, -0.2) is 4.79 Å². The van der Waals surface area contributed by atoms with E-state index in [9.17, 15) is 9.59 Å². The van der Waals surface area contributed by atoms with Gasteiger partial charge in [-0.15, -0.1) is 0 Å². The summed E-state index contributed by atoms with van der Waals surface area (Å²) in [7, 11) is 1.51. The molecule has 0 aliphatic rings. The summed E-state index contributed by atoms with van der Waals surface area (Å²) in [5, 5.41) is 5.51. The quantitative estimate of drug-likeness (QED) is 0.740. The van der Waals surface area contributed by atoms with E-state index in [-0.39, 0.29) is 5.91 Å². The van der Waals surface area contributed by atoms with Gasteiger partial charge >= 0.3 is 6.09 Å². The molecule has 2 amide bonds. The second-order valence-corrected chi connectivity index (χ2v) is 7.19. The molecule has 0 aliphatic heterocycles. The Morgan fingerprint density at radius 3 is 2.44 bits per heavy atom. The molecule has 1 rings (SSSR count). The minimum atomic E-state index is -0.599. The fourth-order valence-electron chi connectivity index (χ4n) is 2.42. The summed E-state index contributed by atoms with van der Waals surface area (Å²) in [6, 6.07) is 5.09. The molecular weight excluding hydrogens is 320 g/mol. The molecule has 140 valence electrons. The highest BCUT2D eigenvalue weighted by Crippen LogP contribution is 2.28. The largest absolute Gasteiger partial charge is 0.495 e. The normalized spacial score (nSPS) is 12.2. The average Bonchev–Trinajstić information content (AvgIpc) is 2.45. The van der Waals surface area contributed by atoms with Gasteiger partial charge in [0.05, 0.1) is 12.8 Å². The van der Waals surface area contributed by atoms with Crippen LogP contribution in [0.2, 0.25) is 0 Å². The van der Waals surface area contributed by atoms with Gasteiger partial charge in [0.15, 0.2) is 0 Å². The maximum atomic E-state index is 12.1. The highest BCUT2D eigenvalue weighted by atomic mass is 16.6. The Bertz CT molecular complexity index is 594. The molecule has 1 aromatic carbocycles. The third kappa shape index (κ3) is 7.92. The van der Waals surface area contributed by atoms with Crippen LogP contribution in [0.1, 0.15) is 53.9 Å². The second kappa shape index (κ2) is 9.30. The zero-order valence-corrected chi connectivity index (χ0v) is 16.1. The molecule has 0 spiro atoms. The number of carbonyl (C=O) groups excluding carboxylic acids is 2. The van der Waals surface area contributed by atoms with Crippen LogP contribution >= 0.6 is 0 Å². The molecule has 6 heteroatoms. The van der Waals surface area contributed by atoms with Gasteiger partial charge in [-0.05, 0) is 44.9 Å². The molecule has 0 aliphatic carbocycles. The lowest BCUT2D eigenvalue weighted by Crippen LogP contribution is -2.27. The lowest BCUT2D eigenvalue weighted by Gasteiger charge is -2.20. The highest BCUT2D eigenvalue weighted by molar-refractivity contribution is 5.93. The number of carbonyl (C=O) groups is 2. The molecule has 1 unspecified atom stereocenters. The van der Waals surface area contributed by atoms with Gasteiger partial charge in [0.2, 0.25) is 5.91 Å². The van der Waals surface area contributed by atoms with E-state index < -0.39 is 11.7 Å². The van der Waals surface area contributed by atoms with Crippen LogP contribution in [-0.2, 0) is 9.53 Å². The molecule has 1 aromatic rings. The maximum absolute atomic E-state index is 12.1. The summed E-state index contributed by atoms with van der Waals surface area (Å²) in [6.45, 7) is 9.53. The number of nitrogens with one attached hydrogen (secondary N) is 2. The van der Waals surface area contributed by atoms with Crippen LogP contribution in [0.15, 0.2) is 18.2 Å². The fraction of sp³-hybridized carbons (Fsp3) is 0.579. The van der Waals surface area contributed by atoms with Crippen molar-refractivity contribution >= 4 is 23.4 Å². The minimum Gasteiger partial charge on any atom is -0.495 e. The second-order valence-electron chi connectivity index (χ2n) is 7.19. The van der Waals surface area contributed by atoms with Crippen molar-refractivity contribution in [3.63, 3.8) is 0 Å². The first-order valence-corrected chi connectivity index (χ1v) is 8.62. The highest BCUT2D eigenvalue weighted by Gasteiger charge is 2.18. The fourth-order valence-corrected chi connectivity index (χ4v) is 2.42. The molecule has 6 nitrogen and oxygen atoms in total. The van der Waals surface area contributed by atoms with E-state index in [1.807, 2.05) is 0 Å². The van der Waals surface area contributed by atoms with Crippen molar-refractivity contribution in [2.75, 3.05) is 17.7 Å². The first kappa shape index (κ1) is 20.8. The molecule has 0 fully saturated rings. The zero-order valence-electron chi connectivity index (χ0n) is 16.1. The first-order valence-electron chi connectivity index (χ1n) is 8.62. The van der Waals surface area contributed by atoms with Crippen molar-refractivity contribution in [3.8, 4) is 5.75 Å². The monoisotopic (exact) mass is 350 g/mol. The SMILES string of the molecule is CCCC(C)CC(=O)Nc1ccc(OC)c(NC(=O)OC(C)(C)C)c1. The van der Waals surface area contributed by atoms with E-state index in [1.165, 1.54) is 7.11 Å². The van der Waals surface area contributed by atoms with E-state index in [0.717, 1.165) is 12.8 Å². The molecule has 0 heterocycles. The first-order chi connectivity index (χ1) is 11.6. The third-order valence-electron chi connectivity index (χ3n) is 3.43. The maximum Gasteiger partial charge on any atom is 0.412 e. The Kier molecular flexibility index (Phi) is 7.74. The lowest BCUT2D eigenvalue weighted by molar-refractivity contribution is -0.117. The van der Waals surface area contributed by atoms with Crippen LogP contribution in [0, 0.1) is 5.92 Å². The van der Waals surface area contributed by atoms with Gasteiger partial charge in [0.25, 0.3) is 0 Å². The molecule has 0 saturated heterocycles. The third-order valence-corrected chi connectivity index (χ3v) is 3.43. The van der Waals surface area contributed by atoms with E-state index in [1.54, 1.807) is 39.0 Å². The lowest BCUT2D eigenvalue weighted by atomic mass is 10.0. The number of amides is 2. The van der Waals surface area contributed by atoms with Gasteiger partial charge in [0.1, 0.15) is 11.4 Å². The van der Waals surface area contributed by atoms with Crippen LogP contribution in [0.4, 0.5) is 16.2 Å². The van der Waals surface area contributed by atoms with E-state index in [4.69, 9.17) is 9.47 Å². The Hall–Kier alpha value is -2.24. The van der Waals surface area contributed by atoms with E-state index in [0.29, 0.717) is 29.5 Å². The van der Waals surface area contributed by atoms with Crippen molar-refractivity contribution < 1.29 is 19.1 Å². The van der Waals surface area contributed by atoms with Crippen LogP contribution in [0.25, 0.3) is 0 Å². The Morgan fingerprint density at radius 1 is 1.20 bits per heavy atom. The molecule has 25 heavy (non-hydrogen) atoms. The number of hydrogen-bond acceptors (Lipinski definition) is 4. The van der Waals surface area contributed by atoms with Crippen LogP contribution in [-0.4, -0.2) is 24.7 Å². The van der Waals surface area contributed by atoms with Gasteiger partial charge in [-0.3, -0.25) is 10.1 Å². The average molecular weight is 350 g/mol. The molecule has 2 N–H and O–H groups in total. The topological polar surface area (TPSA) is 76.7 Å². The van der Waals surface area contributed by atoms with Crippen LogP contribution < -0.4 is 15.4 Å². The van der Waals surface area contributed by atoms with Crippen molar-refractivity contribution in [2.45, 2.75) is 59.5 Å². The number of methoxy groups -OCH3 is 1. The summed E-state index contributed by atoms with van der Waals surface area (Å²) in [6.07, 6.45) is 1.96. The Morgan fingerprint density at radius 2 is 1.88 bits per heavy atom. The molecule has 0 saturated carbocycles. The number of hydrogen-bond donors (Lipinski definition) is 2. The van der Waals surface area contributed by atoms with Crippen LogP contribution in [0.5, 0.6) is 5.75 Å². The van der Waals surface area contributed by atoms with Crippen molar-refractivity contribution in [3.05, 3.63) is 18.2 Å². The number of anilines is 2. The van der Waals surface area contributed by atoms with Gasteiger partial charge < -0.3 is 14.8 Å². The molecule has 0 bridgehead atoms. The van der Waals surface area contributed by atoms with E-state index >= 15 is 0 Å².